The first-order chi connectivity index (χ1) is 5.86. The maximum atomic E-state index is 10.9. The number of carbonyl (C=O) groups is 1. The van der Waals surface area contributed by atoms with E-state index < -0.39 is 0 Å². The Balaban J connectivity index is 2.03. The van der Waals surface area contributed by atoms with Gasteiger partial charge in [-0.2, -0.15) is 10.1 Å². The highest BCUT2D eigenvalue weighted by atomic mass is 16.1. The molecule has 0 atom stereocenters. The van der Waals surface area contributed by atoms with Crippen molar-refractivity contribution in [2.75, 3.05) is 18.0 Å². The second-order valence-electron chi connectivity index (χ2n) is 2.83. The van der Waals surface area contributed by atoms with E-state index in [1.807, 2.05) is 4.90 Å². The Kier molecular flexibility index (Phi) is 1.77. The number of rotatable bonds is 1. The molecule has 1 fully saturated rings. The van der Waals surface area contributed by atoms with Crippen molar-refractivity contribution in [1.82, 2.24) is 15.2 Å². The lowest BCUT2D eigenvalue weighted by molar-refractivity contribution is -0.119. The molecule has 1 N–H and O–H groups in total. The van der Waals surface area contributed by atoms with Crippen molar-refractivity contribution in [2.24, 2.45) is 0 Å². The average Bonchev–Trinajstić information content (AvgIpc) is 2.58. The van der Waals surface area contributed by atoms with Gasteiger partial charge in [0.05, 0.1) is 0 Å². The van der Waals surface area contributed by atoms with Gasteiger partial charge in [0.2, 0.25) is 5.95 Å². The van der Waals surface area contributed by atoms with E-state index in [9.17, 15) is 4.79 Å². The van der Waals surface area contributed by atoms with E-state index in [1.54, 1.807) is 0 Å². The largest absolute Gasteiger partial charge is 0.340 e. The molecular weight excluding hydrogens is 156 g/mol. The van der Waals surface area contributed by atoms with Gasteiger partial charge in [-0.05, 0) is 0 Å². The lowest BCUT2D eigenvalue weighted by Crippen LogP contribution is -2.34. The van der Waals surface area contributed by atoms with Gasteiger partial charge < -0.3 is 4.90 Å². The minimum absolute atomic E-state index is 0.339. The van der Waals surface area contributed by atoms with E-state index in [2.05, 4.69) is 15.2 Å². The standard InChI is InChI=1S/C7H10N4O/c12-6-1-3-11(4-2-6)7-8-5-9-10-7/h5H,1-4H2,(H,8,9,10). The summed E-state index contributed by atoms with van der Waals surface area (Å²) < 4.78 is 0. The molecule has 12 heavy (non-hydrogen) atoms. The summed E-state index contributed by atoms with van der Waals surface area (Å²) >= 11 is 0. The van der Waals surface area contributed by atoms with E-state index in [4.69, 9.17) is 0 Å². The molecule has 0 unspecified atom stereocenters. The molecule has 1 saturated heterocycles. The lowest BCUT2D eigenvalue weighted by Gasteiger charge is -2.24. The Morgan fingerprint density at radius 2 is 2.17 bits per heavy atom. The number of piperidine rings is 1. The highest BCUT2D eigenvalue weighted by Crippen LogP contribution is 2.11. The summed E-state index contributed by atoms with van der Waals surface area (Å²) in [7, 11) is 0. The van der Waals surface area contributed by atoms with Crippen molar-refractivity contribution in [1.29, 1.82) is 0 Å². The van der Waals surface area contributed by atoms with Crippen LogP contribution in [-0.4, -0.2) is 34.1 Å². The van der Waals surface area contributed by atoms with Crippen LogP contribution in [0.25, 0.3) is 0 Å². The van der Waals surface area contributed by atoms with Crippen LogP contribution < -0.4 is 4.90 Å². The second kappa shape index (κ2) is 2.92. The zero-order chi connectivity index (χ0) is 8.39. The number of nitrogens with zero attached hydrogens (tertiary/aromatic N) is 3. The molecule has 1 aromatic rings. The fraction of sp³-hybridized carbons (Fsp3) is 0.571. The second-order valence-corrected chi connectivity index (χ2v) is 2.83. The van der Waals surface area contributed by atoms with Crippen molar-refractivity contribution in [3.8, 4) is 0 Å². The van der Waals surface area contributed by atoms with Crippen molar-refractivity contribution in [3.05, 3.63) is 6.33 Å². The number of nitrogens with one attached hydrogen (secondary N) is 1. The molecule has 0 aromatic carbocycles. The van der Waals surface area contributed by atoms with E-state index in [1.165, 1.54) is 6.33 Å². The average molecular weight is 166 g/mol. The molecule has 1 aliphatic heterocycles. The van der Waals surface area contributed by atoms with Crippen molar-refractivity contribution in [2.45, 2.75) is 12.8 Å². The highest BCUT2D eigenvalue weighted by molar-refractivity contribution is 5.80. The molecule has 5 heteroatoms. The van der Waals surface area contributed by atoms with Gasteiger partial charge in [0.1, 0.15) is 12.1 Å². The minimum atomic E-state index is 0.339. The summed E-state index contributed by atoms with van der Waals surface area (Å²) in [5.74, 6) is 1.10. The molecule has 2 rings (SSSR count). The number of ketones is 1. The molecule has 0 amide bonds. The SMILES string of the molecule is O=C1CCN(c2ncn[nH]2)CC1. The molecule has 0 aliphatic carbocycles. The molecule has 0 bridgehead atoms. The van der Waals surface area contributed by atoms with Gasteiger partial charge >= 0.3 is 0 Å². The van der Waals surface area contributed by atoms with Gasteiger partial charge in [0.25, 0.3) is 0 Å². The van der Waals surface area contributed by atoms with Gasteiger partial charge in [-0.25, -0.2) is 5.10 Å². The zero-order valence-corrected chi connectivity index (χ0v) is 6.66. The first-order valence-electron chi connectivity index (χ1n) is 3.98. The number of hydrogen-bond acceptors (Lipinski definition) is 4. The smallest absolute Gasteiger partial charge is 0.221 e. The number of aromatic amines is 1. The number of aromatic nitrogens is 3. The van der Waals surface area contributed by atoms with Gasteiger partial charge in [-0.3, -0.25) is 4.79 Å². The van der Waals surface area contributed by atoms with Crippen LogP contribution in [0.4, 0.5) is 5.95 Å². The number of hydrogen-bond donors (Lipinski definition) is 1. The normalized spacial score (nSPS) is 18.3. The maximum absolute atomic E-state index is 10.9. The molecule has 2 heterocycles. The van der Waals surface area contributed by atoms with Crippen LogP contribution >= 0.6 is 0 Å². The van der Waals surface area contributed by atoms with Crippen LogP contribution in [0.5, 0.6) is 0 Å². The van der Waals surface area contributed by atoms with Gasteiger partial charge in [-0.1, -0.05) is 0 Å². The van der Waals surface area contributed by atoms with E-state index in [0.717, 1.165) is 19.0 Å². The minimum Gasteiger partial charge on any atom is -0.340 e. The van der Waals surface area contributed by atoms with E-state index in [-0.39, 0.29) is 0 Å². The number of carbonyl (C=O) groups excluding carboxylic acids is 1. The third-order valence-corrected chi connectivity index (χ3v) is 2.02. The molecule has 0 spiro atoms. The third-order valence-electron chi connectivity index (χ3n) is 2.02. The van der Waals surface area contributed by atoms with Crippen LogP contribution in [0.1, 0.15) is 12.8 Å². The van der Waals surface area contributed by atoms with Gasteiger partial charge in [0, 0.05) is 25.9 Å². The Morgan fingerprint density at radius 1 is 1.42 bits per heavy atom. The predicted octanol–water partition coefficient (Wildman–Crippen LogP) is -0.0260. The zero-order valence-electron chi connectivity index (χ0n) is 6.66. The van der Waals surface area contributed by atoms with Crippen LogP contribution in [0.15, 0.2) is 6.33 Å². The summed E-state index contributed by atoms with van der Waals surface area (Å²) in [5.41, 5.74) is 0. The van der Waals surface area contributed by atoms with Crippen molar-refractivity contribution in [3.63, 3.8) is 0 Å². The fourth-order valence-electron chi connectivity index (χ4n) is 1.32. The summed E-state index contributed by atoms with van der Waals surface area (Å²) in [6.45, 7) is 1.52. The molecule has 1 aliphatic rings. The number of H-pyrrole nitrogens is 1. The number of Topliss-reactive ketones (excluding diaryl/α,β-unsaturated/α-hetero) is 1. The Hall–Kier alpha value is -1.39. The Bertz CT molecular complexity index is 259. The topological polar surface area (TPSA) is 61.9 Å². The van der Waals surface area contributed by atoms with Crippen molar-refractivity contribution >= 4 is 11.7 Å². The maximum Gasteiger partial charge on any atom is 0.221 e. The van der Waals surface area contributed by atoms with E-state index >= 15 is 0 Å². The number of anilines is 1. The fourth-order valence-corrected chi connectivity index (χ4v) is 1.32. The monoisotopic (exact) mass is 166 g/mol. The highest BCUT2D eigenvalue weighted by Gasteiger charge is 2.17. The van der Waals surface area contributed by atoms with Crippen LogP contribution in [0.2, 0.25) is 0 Å². The van der Waals surface area contributed by atoms with Gasteiger partial charge in [-0.15, -0.1) is 0 Å². The Labute approximate surface area is 69.8 Å². The first-order valence-corrected chi connectivity index (χ1v) is 3.98. The van der Waals surface area contributed by atoms with Crippen LogP contribution in [0.3, 0.4) is 0 Å². The summed E-state index contributed by atoms with van der Waals surface area (Å²) in [4.78, 5) is 17.0. The summed E-state index contributed by atoms with van der Waals surface area (Å²) in [5, 5.41) is 6.53. The van der Waals surface area contributed by atoms with Gasteiger partial charge in [0.15, 0.2) is 0 Å². The quantitative estimate of drug-likeness (QED) is 0.636. The summed E-state index contributed by atoms with van der Waals surface area (Å²) in [6.07, 6.45) is 2.73. The summed E-state index contributed by atoms with van der Waals surface area (Å²) in [6, 6.07) is 0. The third kappa shape index (κ3) is 1.30. The first kappa shape index (κ1) is 7.27. The Morgan fingerprint density at radius 3 is 2.75 bits per heavy atom. The van der Waals surface area contributed by atoms with Crippen LogP contribution in [-0.2, 0) is 4.79 Å². The van der Waals surface area contributed by atoms with Crippen molar-refractivity contribution < 1.29 is 4.79 Å². The molecule has 0 radical (unpaired) electrons. The lowest BCUT2D eigenvalue weighted by atomic mass is 10.1. The molecule has 5 nitrogen and oxygen atoms in total. The molecule has 64 valence electrons. The molecule has 0 saturated carbocycles. The predicted molar refractivity (Wildman–Crippen MR) is 42.8 cm³/mol. The molecular formula is C7H10N4O. The molecule has 1 aromatic heterocycles. The van der Waals surface area contributed by atoms with E-state index in [0.29, 0.717) is 18.6 Å². The van der Waals surface area contributed by atoms with Crippen LogP contribution in [0, 0.1) is 0 Å².